The summed E-state index contributed by atoms with van der Waals surface area (Å²) in [5.74, 6) is 1.05. The maximum atomic E-state index is 12.9. The Morgan fingerprint density at radius 2 is 2.07 bits per heavy atom. The van der Waals surface area contributed by atoms with Crippen LogP contribution in [0.1, 0.15) is 17.5 Å². The summed E-state index contributed by atoms with van der Waals surface area (Å²) in [4.78, 5) is 15.1. The minimum Gasteiger partial charge on any atom is -0.367 e. The van der Waals surface area contributed by atoms with Gasteiger partial charge in [-0.1, -0.05) is 41.7 Å². The maximum absolute atomic E-state index is 12.9. The summed E-state index contributed by atoms with van der Waals surface area (Å²) in [5, 5.41) is 4.38. The Kier molecular flexibility index (Phi) is 5.52. The fraction of sp³-hybridized carbons (Fsp3) is 0.300. The van der Waals surface area contributed by atoms with Gasteiger partial charge >= 0.3 is 0 Å². The van der Waals surface area contributed by atoms with Crippen LogP contribution in [0.5, 0.6) is 0 Å². The molecule has 1 fully saturated rings. The molecule has 0 radical (unpaired) electrons. The molecular weight excluding hydrogens is 394 g/mol. The second-order valence-electron chi connectivity index (χ2n) is 6.39. The van der Waals surface area contributed by atoms with Gasteiger partial charge in [-0.05, 0) is 6.92 Å². The lowest BCUT2D eigenvalue weighted by Crippen LogP contribution is -2.36. The van der Waals surface area contributed by atoms with Gasteiger partial charge in [0.2, 0.25) is 0 Å². The summed E-state index contributed by atoms with van der Waals surface area (Å²) in [6.07, 6.45) is 4.27. The fourth-order valence-corrected chi connectivity index (χ4v) is 6.54. The molecule has 4 nitrogen and oxygen atoms in total. The summed E-state index contributed by atoms with van der Waals surface area (Å²) in [6.45, 7) is 4.57. The van der Waals surface area contributed by atoms with Crippen LogP contribution in [0.4, 0.5) is 0 Å². The second kappa shape index (κ2) is 8.04. The average molecular weight is 417 g/mol. The first kappa shape index (κ1) is 18.5. The number of hydrogen-bond donors (Lipinski definition) is 0. The Morgan fingerprint density at radius 3 is 2.78 bits per heavy atom. The van der Waals surface area contributed by atoms with E-state index in [4.69, 9.17) is 0 Å². The molecule has 7 heteroatoms. The van der Waals surface area contributed by atoms with Crippen LogP contribution in [0.3, 0.4) is 0 Å². The Labute approximate surface area is 170 Å². The Balaban J connectivity index is 1.80. The van der Waals surface area contributed by atoms with E-state index in [0.29, 0.717) is 6.54 Å². The summed E-state index contributed by atoms with van der Waals surface area (Å²) < 4.78 is 6.04. The van der Waals surface area contributed by atoms with E-state index < -0.39 is 0 Å². The van der Waals surface area contributed by atoms with Gasteiger partial charge in [-0.3, -0.25) is 9.36 Å². The molecule has 0 spiro atoms. The summed E-state index contributed by atoms with van der Waals surface area (Å²) >= 11 is 5.11. The van der Waals surface area contributed by atoms with E-state index in [1.54, 1.807) is 34.4 Å². The van der Waals surface area contributed by atoms with Crippen molar-refractivity contribution >= 4 is 45.5 Å². The van der Waals surface area contributed by atoms with Crippen molar-refractivity contribution in [1.29, 1.82) is 0 Å². The smallest absolute Gasteiger partial charge is 0.271 e. The lowest BCUT2D eigenvalue weighted by molar-refractivity contribution is -0.685. The number of rotatable bonds is 4. The zero-order chi connectivity index (χ0) is 18.8. The van der Waals surface area contributed by atoms with E-state index in [-0.39, 0.29) is 5.56 Å². The highest BCUT2D eigenvalue weighted by Gasteiger charge is 2.18. The predicted octanol–water partition coefficient (Wildman–Crippen LogP) is 1.90. The Hall–Kier alpha value is -1.83. The molecule has 1 aromatic carbocycles. The third-order valence-corrected chi connectivity index (χ3v) is 7.87. The van der Waals surface area contributed by atoms with Gasteiger partial charge in [0.05, 0.1) is 16.5 Å². The molecular formula is C20H22N3OS3+. The van der Waals surface area contributed by atoms with Gasteiger partial charge in [-0.25, -0.2) is 0 Å². The van der Waals surface area contributed by atoms with Crippen LogP contribution in [0.25, 0.3) is 11.1 Å². The van der Waals surface area contributed by atoms with Crippen molar-refractivity contribution in [3.63, 3.8) is 0 Å². The van der Waals surface area contributed by atoms with Crippen molar-refractivity contribution in [3.05, 3.63) is 72.0 Å². The number of aromatic nitrogens is 2. The zero-order valence-corrected chi connectivity index (χ0v) is 17.9. The molecule has 0 amide bonds. The average Bonchev–Trinajstić information content (AvgIpc) is 3.36. The second-order valence-corrected chi connectivity index (χ2v) is 9.43. The maximum Gasteiger partial charge on any atom is 0.271 e. The largest absolute Gasteiger partial charge is 0.367 e. The van der Waals surface area contributed by atoms with Gasteiger partial charge < -0.3 is 4.90 Å². The third-order valence-electron chi connectivity index (χ3n) is 4.59. The zero-order valence-electron chi connectivity index (χ0n) is 15.4. The molecule has 1 aliphatic heterocycles. The number of hydrogen-bond acceptors (Lipinski definition) is 5. The lowest BCUT2D eigenvalue weighted by Gasteiger charge is -2.08. The number of nitrogens with zero attached hydrogens (tertiary/aromatic N) is 3. The van der Waals surface area contributed by atoms with Crippen molar-refractivity contribution < 1.29 is 4.57 Å². The highest BCUT2D eigenvalue weighted by molar-refractivity contribution is 8.08. The topological polar surface area (TPSA) is 29.1 Å². The number of thiazole rings is 2. The van der Waals surface area contributed by atoms with Crippen LogP contribution >= 0.6 is 34.4 Å². The molecule has 4 rings (SSSR count). The third kappa shape index (κ3) is 3.77. The minimum absolute atomic E-state index is 0.135. The summed E-state index contributed by atoms with van der Waals surface area (Å²) in [7, 11) is 2.07. The van der Waals surface area contributed by atoms with Crippen molar-refractivity contribution in [2.45, 2.75) is 20.0 Å². The van der Waals surface area contributed by atoms with E-state index in [2.05, 4.69) is 58.4 Å². The first-order valence-corrected chi connectivity index (χ1v) is 11.7. The summed E-state index contributed by atoms with van der Waals surface area (Å²) in [5.41, 5.74) is 1.41. The van der Waals surface area contributed by atoms with E-state index in [0.717, 1.165) is 38.1 Å². The van der Waals surface area contributed by atoms with Crippen molar-refractivity contribution in [2.24, 2.45) is 0 Å². The van der Waals surface area contributed by atoms with Gasteiger partial charge in [-0.15, -0.1) is 23.1 Å². The molecule has 0 N–H and O–H groups in total. The molecule has 27 heavy (non-hydrogen) atoms. The highest BCUT2D eigenvalue weighted by Crippen LogP contribution is 2.25. The Morgan fingerprint density at radius 1 is 1.26 bits per heavy atom. The Bertz CT molecular complexity index is 1110. The molecule has 3 aromatic rings. The van der Waals surface area contributed by atoms with E-state index in [9.17, 15) is 4.79 Å². The van der Waals surface area contributed by atoms with Gasteiger partial charge in [0.25, 0.3) is 10.6 Å². The quantitative estimate of drug-likeness (QED) is 0.609. The standard InChI is InChI=1S/C20H22N3OS3/c1-3-23-17(27-18(19(23)24)20-21(2)9-11-26-20)13-16-22(10-12-25-16)14-15-7-5-4-6-8-15/h4-8,10,12-13H,3,9,11,14H2,1-2H3/q+1/b20-18+. The van der Waals surface area contributed by atoms with Crippen LogP contribution < -0.4 is 19.3 Å². The number of benzene rings is 1. The summed E-state index contributed by atoms with van der Waals surface area (Å²) in [6, 6.07) is 10.5. The molecule has 1 saturated heterocycles. The van der Waals surface area contributed by atoms with Crippen LogP contribution in [0.2, 0.25) is 0 Å². The van der Waals surface area contributed by atoms with E-state index in [1.165, 1.54) is 5.56 Å². The molecule has 3 heterocycles. The molecule has 140 valence electrons. The van der Waals surface area contributed by atoms with E-state index in [1.807, 2.05) is 17.6 Å². The first-order valence-electron chi connectivity index (χ1n) is 8.98. The van der Waals surface area contributed by atoms with Crippen LogP contribution in [0.15, 0.2) is 46.7 Å². The normalized spacial score (nSPS) is 17.1. The van der Waals surface area contributed by atoms with Crippen molar-refractivity contribution in [2.75, 3.05) is 19.3 Å². The monoisotopic (exact) mass is 416 g/mol. The number of thioether (sulfide) groups is 1. The molecule has 0 unspecified atom stereocenters. The lowest BCUT2D eigenvalue weighted by atomic mass is 10.2. The highest BCUT2D eigenvalue weighted by atomic mass is 32.2. The first-order chi connectivity index (χ1) is 13.2. The molecule has 0 bridgehead atoms. The molecule has 1 aliphatic rings. The molecule has 0 atom stereocenters. The fourth-order valence-electron chi connectivity index (χ4n) is 3.15. The molecule has 0 aliphatic carbocycles. The SMILES string of the molecule is CCn1c(=O)/c(=C2\SCCN2C)s/c1=C\c1scc[n+]1Cc1ccccc1. The molecule has 2 aromatic heterocycles. The van der Waals surface area contributed by atoms with Crippen LogP contribution in [-0.2, 0) is 13.1 Å². The van der Waals surface area contributed by atoms with Gasteiger partial charge in [-0.2, -0.15) is 4.57 Å². The van der Waals surface area contributed by atoms with Gasteiger partial charge in [0, 0.05) is 31.5 Å². The molecule has 0 saturated carbocycles. The van der Waals surface area contributed by atoms with Crippen LogP contribution in [0, 0.1) is 0 Å². The van der Waals surface area contributed by atoms with Crippen LogP contribution in [-0.4, -0.2) is 28.8 Å². The van der Waals surface area contributed by atoms with Crippen molar-refractivity contribution in [1.82, 2.24) is 9.47 Å². The minimum atomic E-state index is 0.135. The van der Waals surface area contributed by atoms with Gasteiger partial charge in [0.15, 0.2) is 12.7 Å². The van der Waals surface area contributed by atoms with Gasteiger partial charge in [0.1, 0.15) is 9.20 Å². The predicted molar refractivity (Wildman–Crippen MR) is 116 cm³/mol. The van der Waals surface area contributed by atoms with E-state index >= 15 is 0 Å². The van der Waals surface area contributed by atoms with Crippen molar-refractivity contribution in [3.8, 4) is 0 Å².